The zero-order valence-corrected chi connectivity index (χ0v) is 26.4. The van der Waals surface area contributed by atoms with Crippen molar-refractivity contribution in [2.75, 3.05) is 26.7 Å². The molecule has 9 nitrogen and oxygen atoms in total. The summed E-state index contributed by atoms with van der Waals surface area (Å²) in [6, 6.07) is 15.0. The van der Waals surface area contributed by atoms with E-state index in [1.165, 1.54) is 30.0 Å². The van der Waals surface area contributed by atoms with E-state index in [4.69, 9.17) is 4.74 Å². The number of hydrogen-bond acceptors (Lipinski definition) is 6. The van der Waals surface area contributed by atoms with Crippen molar-refractivity contribution in [3.8, 4) is 5.75 Å². The molecule has 4 rings (SSSR count). The van der Waals surface area contributed by atoms with Gasteiger partial charge in [-0.1, -0.05) is 75.7 Å². The van der Waals surface area contributed by atoms with Gasteiger partial charge in [-0.25, -0.2) is 0 Å². The Morgan fingerprint density at radius 3 is 2.30 bits per heavy atom. The second-order valence-corrected chi connectivity index (χ2v) is 11.6. The molecule has 236 valence electrons. The molecular weight excluding hydrogens is 544 g/mol. The first kappa shape index (κ1) is 34.1. The van der Waals surface area contributed by atoms with Crippen LogP contribution in [0, 0.1) is 5.92 Å². The Labute approximate surface area is 256 Å². The van der Waals surface area contributed by atoms with Crippen LogP contribution in [0.2, 0.25) is 0 Å². The van der Waals surface area contributed by atoms with Gasteiger partial charge in [-0.2, -0.15) is 0 Å². The van der Waals surface area contributed by atoms with Crippen molar-refractivity contribution in [2.24, 2.45) is 5.92 Å². The highest BCUT2D eigenvalue weighted by atomic mass is 16.5. The minimum absolute atomic E-state index is 0.00507. The van der Waals surface area contributed by atoms with E-state index < -0.39 is 24.1 Å². The zero-order chi connectivity index (χ0) is 31.4. The lowest BCUT2D eigenvalue weighted by molar-refractivity contribution is -0.145. The van der Waals surface area contributed by atoms with E-state index in [2.05, 4.69) is 59.3 Å². The molecular formula is C34H50N4O5. The quantitative estimate of drug-likeness (QED) is 0.432. The summed E-state index contributed by atoms with van der Waals surface area (Å²) >= 11 is 0. The number of carbonyl (C=O) groups excluding carboxylic acids is 3. The van der Waals surface area contributed by atoms with Gasteiger partial charge in [0, 0.05) is 20.1 Å². The molecule has 0 aromatic heterocycles. The maximum Gasteiger partial charge on any atom is 0.245 e. The van der Waals surface area contributed by atoms with Crippen LogP contribution in [0.4, 0.5) is 0 Å². The SMILES string of the molecule is CCC(C)C1NCC2CCc3cccc(c3O2)CCCNC(=O)CNC(=O)C(C(C)O)N(C)C1=O.CCc1ccccc1. The molecule has 5 unspecified atom stereocenters. The summed E-state index contributed by atoms with van der Waals surface area (Å²) < 4.78 is 6.40. The molecule has 2 aromatic carbocycles. The number of rotatable bonds is 4. The third-order valence-corrected chi connectivity index (χ3v) is 8.35. The number of aliphatic hydroxyl groups excluding tert-OH is 1. The molecule has 0 radical (unpaired) electrons. The van der Waals surface area contributed by atoms with Crippen LogP contribution in [0.15, 0.2) is 48.5 Å². The normalized spacial score (nSPS) is 23.3. The molecule has 43 heavy (non-hydrogen) atoms. The molecule has 4 N–H and O–H groups in total. The maximum atomic E-state index is 13.5. The largest absolute Gasteiger partial charge is 0.489 e. The lowest BCUT2D eigenvalue weighted by Gasteiger charge is -2.35. The molecule has 0 saturated carbocycles. The van der Waals surface area contributed by atoms with E-state index in [0.29, 0.717) is 13.1 Å². The molecule has 2 bridgehead atoms. The van der Waals surface area contributed by atoms with Gasteiger partial charge >= 0.3 is 0 Å². The van der Waals surface area contributed by atoms with Crippen LogP contribution in [0.1, 0.15) is 63.6 Å². The third kappa shape index (κ3) is 9.79. The fraction of sp³-hybridized carbons (Fsp3) is 0.559. The Balaban J connectivity index is 0.000000546. The first-order chi connectivity index (χ1) is 20.7. The number of aryl methyl sites for hydroxylation is 3. The Morgan fingerprint density at radius 2 is 1.67 bits per heavy atom. The highest BCUT2D eigenvalue weighted by molar-refractivity contribution is 5.92. The van der Waals surface area contributed by atoms with Gasteiger partial charge in [-0.3, -0.25) is 14.4 Å². The van der Waals surface area contributed by atoms with E-state index in [0.717, 1.165) is 49.8 Å². The van der Waals surface area contributed by atoms with Gasteiger partial charge in [0.15, 0.2) is 0 Å². The van der Waals surface area contributed by atoms with Gasteiger partial charge in [0.05, 0.1) is 18.7 Å². The van der Waals surface area contributed by atoms with Crippen molar-refractivity contribution >= 4 is 17.7 Å². The Bertz CT molecular complexity index is 1190. The van der Waals surface area contributed by atoms with Crippen LogP contribution in [-0.4, -0.2) is 78.7 Å². The molecule has 2 aliphatic rings. The molecule has 2 aliphatic heterocycles. The van der Waals surface area contributed by atoms with E-state index in [1.54, 1.807) is 0 Å². The van der Waals surface area contributed by atoms with Gasteiger partial charge in [0.2, 0.25) is 17.7 Å². The number of carbonyl (C=O) groups is 3. The standard InChI is InChI=1S/C26H40N4O5.C8H10/c1-5-16(2)22-26(34)30(4)23(17(3)31)25(33)29-15-21(32)27-13-7-10-18-8-6-9-19-11-12-20(14-28-22)35-24(18)19;1-2-8-6-4-3-5-7-8/h6,8-9,16-17,20,22-23,28,31H,5,7,10-15H2,1-4H3,(H,27,32)(H,29,33);3-7H,2H2,1H3. The topological polar surface area (TPSA) is 120 Å². The number of nitrogens with zero attached hydrogens (tertiary/aromatic N) is 1. The van der Waals surface area contributed by atoms with Gasteiger partial charge in [-0.05, 0) is 61.6 Å². The monoisotopic (exact) mass is 594 g/mol. The van der Waals surface area contributed by atoms with Crippen LogP contribution >= 0.6 is 0 Å². The van der Waals surface area contributed by atoms with Crippen LogP contribution in [0.25, 0.3) is 0 Å². The van der Waals surface area contributed by atoms with Crippen LogP contribution in [0.3, 0.4) is 0 Å². The summed E-state index contributed by atoms with van der Waals surface area (Å²) in [6.45, 7) is 8.39. The number of hydrogen-bond donors (Lipinski definition) is 4. The Morgan fingerprint density at radius 1 is 0.977 bits per heavy atom. The second kappa shape index (κ2) is 17.0. The van der Waals surface area contributed by atoms with Gasteiger partial charge in [0.25, 0.3) is 0 Å². The van der Waals surface area contributed by atoms with Crippen LogP contribution in [0.5, 0.6) is 5.75 Å². The van der Waals surface area contributed by atoms with Gasteiger partial charge < -0.3 is 30.7 Å². The van der Waals surface area contributed by atoms with Crippen molar-refractivity contribution in [2.45, 2.75) is 90.5 Å². The second-order valence-electron chi connectivity index (χ2n) is 11.6. The minimum atomic E-state index is -1.11. The molecule has 0 fully saturated rings. The summed E-state index contributed by atoms with van der Waals surface area (Å²) in [5.41, 5.74) is 3.71. The first-order valence-corrected chi connectivity index (χ1v) is 15.7. The smallest absolute Gasteiger partial charge is 0.245 e. The fourth-order valence-electron chi connectivity index (χ4n) is 5.52. The molecule has 3 amide bonds. The molecule has 9 heteroatoms. The number of aliphatic hydroxyl groups is 1. The summed E-state index contributed by atoms with van der Waals surface area (Å²) in [4.78, 5) is 39.9. The number of nitrogens with one attached hydrogen (secondary N) is 3. The van der Waals surface area contributed by atoms with E-state index in [1.807, 2.05) is 26.0 Å². The maximum absolute atomic E-state index is 13.5. The number of benzene rings is 2. The summed E-state index contributed by atoms with van der Waals surface area (Å²) in [6.07, 6.45) is 3.97. The number of fused-ring (bicyclic) bond motifs is 1. The van der Waals surface area contributed by atoms with Crippen molar-refractivity contribution in [1.29, 1.82) is 0 Å². The predicted octanol–water partition coefficient (Wildman–Crippen LogP) is 3.02. The molecule has 5 atom stereocenters. The van der Waals surface area contributed by atoms with E-state index in [-0.39, 0.29) is 30.4 Å². The van der Waals surface area contributed by atoms with E-state index >= 15 is 0 Å². The molecule has 2 heterocycles. The summed E-state index contributed by atoms with van der Waals surface area (Å²) in [5.74, 6) is -0.230. The van der Waals surface area contributed by atoms with Crippen molar-refractivity contribution < 1.29 is 24.2 Å². The third-order valence-electron chi connectivity index (χ3n) is 8.35. The van der Waals surface area contributed by atoms with Gasteiger partial charge in [0.1, 0.15) is 17.9 Å². The van der Waals surface area contributed by atoms with Crippen LogP contribution in [-0.2, 0) is 33.6 Å². The zero-order valence-electron chi connectivity index (χ0n) is 26.4. The predicted molar refractivity (Wildman–Crippen MR) is 169 cm³/mol. The number of likely N-dealkylation sites (N-methyl/N-ethyl adjacent to an activating group) is 1. The Hall–Kier alpha value is -3.43. The van der Waals surface area contributed by atoms with Gasteiger partial charge in [-0.15, -0.1) is 0 Å². The van der Waals surface area contributed by atoms with Crippen molar-refractivity contribution in [1.82, 2.24) is 20.9 Å². The summed E-state index contributed by atoms with van der Waals surface area (Å²) in [5, 5.41) is 19.1. The first-order valence-electron chi connectivity index (χ1n) is 15.7. The molecule has 0 aliphatic carbocycles. The fourth-order valence-corrected chi connectivity index (χ4v) is 5.52. The summed E-state index contributed by atoms with van der Waals surface area (Å²) in [7, 11) is 1.52. The lowest BCUT2D eigenvalue weighted by atomic mass is 9.95. The van der Waals surface area contributed by atoms with Crippen molar-refractivity contribution in [3.05, 3.63) is 65.2 Å². The average molecular weight is 595 g/mol. The number of ether oxygens (including phenoxy) is 1. The molecule has 0 saturated heterocycles. The highest BCUT2D eigenvalue weighted by Gasteiger charge is 2.36. The Kier molecular flexibility index (Phi) is 13.5. The number of para-hydroxylation sites is 1. The number of amides is 3. The van der Waals surface area contributed by atoms with Crippen LogP contribution < -0.4 is 20.7 Å². The van der Waals surface area contributed by atoms with Crippen molar-refractivity contribution in [3.63, 3.8) is 0 Å². The molecule has 0 spiro atoms. The lowest BCUT2D eigenvalue weighted by Crippen LogP contribution is -2.59. The minimum Gasteiger partial charge on any atom is -0.489 e. The average Bonchev–Trinajstić information content (AvgIpc) is 3.02. The van der Waals surface area contributed by atoms with E-state index in [9.17, 15) is 19.5 Å². The highest BCUT2D eigenvalue weighted by Crippen LogP contribution is 2.32. The molecule has 2 aromatic rings.